The summed E-state index contributed by atoms with van der Waals surface area (Å²) in [6.07, 6.45) is 0.136. The third-order valence-electron chi connectivity index (χ3n) is 2.57. The molecule has 0 bridgehead atoms. The molecule has 110 valence electrons. The number of carbonyl (C=O) groups is 2. The van der Waals surface area contributed by atoms with Gasteiger partial charge < -0.3 is 15.8 Å². The first-order chi connectivity index (χ1) is 10.1. The zero-order chi connectivity index (χ0) is 15.2. The molecule has 21 heavy (non-hydrogen) atoms. The number of aromatic nitrogens is 1. The van der Waals surface area contributed by atoms with Gasteiger partial charge in [-0.25, -0.2) is 9.78 Å². The molecule has 1 aromatic carbocycles. The zero-order valence-corrected chi connectivity index (χ0v) is 12.3. The van der Waals surface area contributed by atoms with Crippen molar-refractivity contribution in [3.8, 4) is 0 Å². The second-order valence-corrected chi connectivity index (χ2v) is 5.09. The number of amides is 1. The van der Waals surface area contributed by atoms with Gasteiger partial charge in [-0.1, -0.05) is 6.07 Å². The lowest BCUT2D eigenvalue weighted by Gasteiger charge is -2.06. The molecule has 2 aromatic rings. The van der Waals surface area contributed by atoms with Gasteiger partial charge in [-0.3, -0.25) is 4.79 Å². The van der Waals surface area contributed by atoms with Crippen LogP contribution in [0, 0.1) is 0 Å². The van der Waals surface area contributed by atoms with Gasteiger partial charge in [-0.2, -0.15) is 0 Å². The number of esters is 1. The average Bonchev–Trinajstić information content (AvgIpc) is 2.84. The Balaban J connectivity index is 2.00. The molecule has 0 unspecified atom stereocenters. The van der Waals surface area contributed by atoms with Gasteiger partial charge in [-0.15, -0.1) is 11.3 Å². The molecule has 7 heteroatoms. The summed E-state index contributed by atoms with van der Waals surface area (Å²) in [4.78, 5) is 27.5. The molecule has 0 fully saturated rings. The lowest BCUT2D eigenvalue weighted by molar-refractivity contribution is -0.115. The van der Waals surface area contributed by atoms with Gasteiger partial charge in [0, 0.05) is 11.1 Å². The topological polar surface area (TPSA) is 94.3 Å². The molecular formula is C14H15N3O3S. The Morgan fingerprint density at radius 3 is 2.90 bits per heavy atom. The van der Waals surface area contributed by atoms with Crippen LogP contribution in [0.2, 0.25) is 0 Å². The van der Waals surface area contributed by atoms with Crippen molar-refractivity contribution in [2.75, 3.05) is 17.7 Å². The molecule has 0 saturated carbocycles. The summed E-state index contributed by atoms with van der Waals surface area (Å²) >= 11 is 1.29. The minimum atomic E-state index is -0.416. The number of ether oxygens (including phenoxy) is 1. The number of nitrogens with zero attached hydrogens (tertiary/aromatic N) is 1. The van der Waals surface area contributed by atoms with Crippen molar-refractivity contribution in [1.82, 2.24) is 4.98 Å². The SMILES string of the molecule is CCOC(=O)c1cccc(NC(=O)Cc2csc(N)n2)c1. The van der Waals surface area contributed by atoms with Crippen LogP contribution in [0.25, 0.3) is 0 Å². The Labute approximate surface area is 125 Å². The predicted molar refractivity (Wildman–Crippen MR) is 81.3 cm³/mol. The van der Waals surface area contributed by atoms with Gasteiger partial charge in [0.25, 0.3) is 0 Å². The largest absolute Gasteiger partial charge is 0.462 e. The number of nitrogens with two attached hydrogens (primary N) is 1. The summed E-state index contributed by atoms with van der Waals surface area (Å²) in [5, 5.41) is 4.89. The van der Waals surface area contributed by atoms with Crippen molar-refractivity contribution >= 4 is 34.0 Å². The smallest absolute Gasteiger partial charge is 0.338 e. The minimum Gasteiger partial charge on any atom is -0.462 e. The van der Waals surface area contributed by atoms with E-state index in [1.165, 1.54) is 11.3 Å². The maximum absolute atomic E-state index is 11.9. The van der Waals surface area contributed by atoms with Gasteiger partial charge in [0.05, 0.1) is 24.3 Å². The molecule has 0 aliphatic carbocycles. The van der Waals surface area contributed by atoms with E-state index in [1.54, 1.807) is 36.6 Å². The molecule has 1 heterocycles. The number of thiazole rings is 1. The lowest BCUT2D eigenvalue weighted by Crippen LogP contribution is -2.15. The molecule has 0 radical (unpaired) electrons. The van der Waals surface area contributed by atoms with Gasteiger partial charge >= 0.3 is 5.97 Å². The van der Waals surface area contributed by atoms with E-state index in [9.17, 15) is 9.59 Å². The molecule has 0 aliphatic heterocycles. The summed E-state index contributed by atoms with van der Waals surface area (Å²) in [7, 11) is 0. The van der Waals surface area contributed by atoms with E-state index < -0.39 is 5.97 Å². The van der Waals surface area contributed by atoms with Crippen LogP contribution in [0.3, 0.4) is 0 Å². The summed E-state index contributed by atoms with van der Waals surface area (Å²) in [5.41, 5.74) is 7.07. The lowest BCUT2D eigenvalue weighted by atomic mass is 10.2. The molecule has 2 rings (SSSR count). The highest BCUT2D eigenvalue weighted by Gasteiger charge is 2.10. The first-order valence-electron chi connectivity index (χ1n) is 6.35. The molecule has 0 saturated heterocycles. The van der Waals surface area contributed by atoms with Crippen molar-refractivity contribution in [3.05, 3.63) is 40.9 Å². The Morgan fingerprint density at radius 1 is 1.43 bits per heavy atom. The summed E-state index contributed by atoms with van der Waals surface area (Å²) in [5.74, 6) is -0.637. The number of hydrogen-bond donors (Lipinski definition) is 2. The standard InChI is InChI=1S/C14H15N3O3S/c1-2-20-13(19)9-4-3-5-10(6-9)16-12(18)7-11-8-21-14(15)17-11/h3-6,8H,2,7H2,1H3,(H2,15,17)(H,16,18). The number of rotatable bonds is 5. The quantitative estimate of drug-likeness (QED) is 0.825. The van der Waals surface area contributed by atoms with Gasteiger partial charge in [0.1, 0.15) is 0 Å². The second kappa shape index (κ2) is 6.85. The van der Waals surface area contributed by atoms with Gasteiger partial charge in [-0.05, 0) is 25.1 Å². The van der Waals surface area contributed by atoms with Crippen LogP contribution in [-0.2, 0) is 16.0 Å². The number of benzene rings is 1. The van der Waals surface area contributed by atoms with E-state index in [0.29, 0.717) is 28.7 Å². The van der Waals surface area contributed by atoms with Crippen LogP contribution in [0.5, 0.6) is 0 Å². The zero-order valence-electron chi connectivity index (χ0n) is 11.5. The Morgan fingerprint density at radius 2 is 2.24 bits per heavy atom. The van der Waals surface area contributed by atoms with Crippen molar-refractivity contribution in [2.45, 2.75) is 13.3 Å². The fourth-order valence-electron chi connectivity index (χ4n) is 1.71. The molecule has 1 amide bonds. The fraction of sp³-hybridized carbons (Fsp3) is 0.214. The van der Waals surface area contributed by atoms with Crippen LogP contribution in [0.1, 0.15) is 23.0 Å². The molecule has 3 N–H and O–H groups in total. The normalized spacial score (nSPS) is 10.1. The molecular weight excluding hydrogens is 290 g/mol. The Bertz CT molecular complexity index is 654. The molecule has 6 nitrogen and oxygen atoms in total. The third-order valence-corrected chi connectivity index (χ3v) is 3.29. The van der Waals surface area contributed by atoms with Crippen LogP contribution in [0.15, 0.2) is 29.6 Å². The highest BCUT2D eigenvalue weighted by atomic mass is 32.1. The number of anilines is 2. The third kappa shape index (κ3) is 4.28. The van der Waals surface area contributed by atoms with E-state index in [0.717, 1.165) is 0 Å². The van der Waals surface area contributed by atoms with E-state index in [-0.39, 0.29) is 12.3 Å². The van der Waals surface area contributed by atoms with E-state index in [1.807, 2.05) is 0 Å². The highest BCUT2D eigenvalue weighted by molar-refractivity contribution is 7.13. The summed E-state index contributed by atoms with van der Waals surface area (Å²) in [6.45, 7) is 2.05. The van der Waals surface area contributed by atoms with Crippen molar-refractivity contribution in [1.29, 1.82) is 0 Å². The van der Waals surface area contributed by atoms with Crippen molar-refractivity contribution < 1.29 is 14.3 Å². The van der Waals surface area contributed by atoms with Crippen LogP contribution >= 0.6 is 11.3 Å². The van der Waals surface area contributed by atoms with Crippen LogP contribution in [-0.4, -0.2) is 23.5 Å². The fourth-order valence-corrected chi connectivity index (χ4v) is 2.27. The highest BCUT2D eigenvalue weighted by Crippen LogP contribution is 2.14. The average molecular weight is 305 g/mol. The summed E-state index contributed by atoms with van der Waals surface area (Å²) < 4.78 is 4.91. The maximum Gasteiger partial charge on any atom is 0.338 e. The Hall–Kier alpha value is -2.41. The van der Waals surface area contributed by atoms with Crippen molar-refractivity contribution in [2.24, 2.45) is 0 Å². The Kier molecular flexibility index (Phi) is 4.89. The predicted octanol–water partition coefficient (Wildman–Crippen LogP) is 2.08. The number of carbonyl (C=O) groups excluding carboxylic acids is 2. The first kappa shape index (κ1) is 15.0. The molecule has 0 aliphatic rings. The first-order valence-corrected chi connectivity index (χ1v) is 7.23. The van der Waals surface area contributed by atoms with Crippen LogP contribution < -0.4 is 11.1 Å². The number of hydrogen-bond acceptors (Lipinski definition) is 6. The van der Waals surface area contributed by atoms with E-state index >= 15 is 0 Å². The number of nitrogen functional groups attached to an aromatic ring is 1. The summed E-state index contributed by atoms with van der Waals surface area (Å²) in [6, 6.07) is 6.60. The van der Waals surface area contributed by atoms with Crippen LogP contribution in [0.4, 0.5) is 10.8 Å². The second-order valence-electron chi connectivity index (χ2n) is 4.20. The van der Waals surface area contributed by atoms with Gasteiger partial charge in [0.2, 0.25) is 5.91 Å². The monoisotopic (exact) mass is 305 g/mol. The van der Waals surface area contributed by atoms with E-state index in [2.05, 4.69) is 10.3 Å². The van der Waals surface area contributed by atoms with E-state index in [4.69, 9.17) is 10.5 Å². The molecule has 0 atom stereocenters. The maximum atomic E-state index is 11.9. The molecule has 0 spiro atoms. The molecule has 1 aromatic heterocycles. The van der Waals surface area contributed by atoms with Gasteiger partial charge in [0.15, 0.2) is 5.13 Å². The minimum absolute atomic E-state index is 0.136. The number of nitrogens with one attached hydrogen (secondary N) is 1. The van der Waals surface area contributed by atoms with Crippen molar-refractivity contribution in [3.63, 3.8) is 0 Å².